The highest BCUT2D eigenvalue weighted by Gasteiger charge is 2.33. The van der Waals surface area contributed by atoms with Gasteiger partial charge in [0.1, 0.15) is 6.17 Å². The summed E-state index contributed by atoms with van der Waals surface area (Å²) in [5.41, 5.74) is 2.87. The smallest absolute Gasteiger partial charge is 0.227 e. The molecule has 2 heterocycles. The minimum Gasteiger partial charge on any atom is -0.331 e. The Hall–Kier alpha value is -2.30. The summed E-state index contributed by atoms with van der Waals surface area (Å²) >= 11 is 0. The van der Waals surface area contributed by atoms with Crippen molar-refractivity contribution in [1.29, 1.82) is 5.41 Å². The van der Waals surface area contributed by atoms with E-state index in [-0.39, 0.29) is 25.3 Å². The molecule has 1 saturated heterocycles. The molecule has 1 aliphatic rings. The molecular weight excluding hydrogens is 281 g/mol. The van der Waals surface area contributed by atoms with Crippen molar-refractivity contribution in [2.24, 2.45) is 0 Å². The van der Waals surface area contributed by atoms with Gasteiger partial charge in [0.2, 0.25) is 5.91 Å². The van der Waals surface area contributed by atoms with Gasteiger partial charge in [0, 0.05) is 24.2 Å². The highest BCUT2D eigenvalue weighted by molar-refractivity contribution is 5.89. The molecule has 2 atom stereocenters. The predicted octanol–water partition coefficient (Wildman–Crippen LogP) is 2.67. The number of likely N-dealkylation sites (tertiary alicyclic amines) is 1. The molecule has 114 valence electrons. The minimum absolute atomic E-state index is 0.0843. The number of nitrogens with one attached hydrogen (secondary N) is 1. The van der Waals surface area contributed by atoms with Gasteiger partial charge in [-0.15, -0.1) is 0 Å². The van der Waals surface area contributed by atoms with E-state index in [4.69, 9.17) is 5.41 Å². The monoisotopic (exact) mass is 299 g/mol. The number of alkyl halides is 1. The SMILES string of the molecule is Cc1ccc2c(CC(=O)N3CC(F)CC3C=N)ccnc2c1. The molecule has 22 heavy (non-hydrogen) atoms. The van der Waals surface area contributed by atoms with E-state index in [0.717, 1.165) is 28.2 Å². The normalized spacial score (nSPS) is 21.3. The standard InChI is InChI=1S/C17H18FN3O/c1-11-2-3-15-12(4-5-20-16(15)6-11)7-17(22)21-10-13(18)8-14(21)9-19/h2-6,9,13-14,19H,7-8,10H2,1H3. The van der Waals surface area contributed by atoms with E-state index in [1.54, 1.807) is 6.20 Å². The number of nitrogens with zero attached hydrogens (tertiary/aromatic N) is 2. The van der Waals surface area contributed by atoms with E-state index in [0.29, 0.717) is 0 Å². The molecule has 0 bridgehead atoms. The molecule has 1 aromatic heterocycles. The largest absolute Gasteiger partial charge is 0.331 e. The Morgan fingerprint density at radius 2 is 2.32 bits per heavy atom. The summed E-state index contributed by atoms with van der Waals surface area (Å²) in [5, 5.41) is 8.30. The molecule has 4 nitrogen and oxygen atoms in total. The van der Waals surface area contributed by atoms with Crippen molar-refractivity contribution in [3.63, 3.8) is 0 Å². The van der Waals surface area contributed by atoms with Crippen molar-refractivity contribution >= 4 is 23.0 Å². The first-order chi connectivity index (χ1) is 10.6. The number of aryl methyl sites for hydroxylation is 1. The molecule has 1 aliphatic heterocycles. The molecule has 0 aliphatic carbocycles. The van der Waals surface area contributed by atoms with Gasteiger partial charge in [0.15, 0.2) is 0 Å². The summed E-state index contributed by atoms with van der Waals surface area (Å²) < 4.78 is 13.5. The van der Waals surface area contributed by atoms with Crippen LogP contribution in [0.4, 0.5) is 4.39 Å². The third-order valence-corrected chi connectivity index (χ3v) is 4.14. The van der Waals surface area contributed by atoms with Crippen LogP contribution in [0.2, 0.25) is 0 Å². The zero-order valence-corrected chi connectivity index (χ0v) is 12.4. The number of benzene rings is 1. The van der Waals surface area contributed by atoms with E-state index in [9.17, 15) is 9.18 Å². The summed E-state index contributed by atoms with van der Waals surface area (Å²) in [6.07, 6.45) is 2.25. The number of amides is 1. The number of hydrogen-bond donors (Lipinski definition) is 1. The molecule has 1 amide bonds. The Morgan fingerprint density at radius 1 is 1.50 bits per heavy atom. The average molecular weight is 299 g/mol. The molecule has 0 saturated carbocycles. The van der Waals surface area contributed by atoms with E-state index in [1.165, 1.54) is 4.90 Å². The Bertz CT molecular complexity index is 731. The van der Waals surface area contributed by atoms with E-state index < -0.39 is 12.2 Å². The van der Waals surface area contributed by atoms with Gasteiger partial charge in [0.25, 0.3) is 0 Å². The van der Waals surface area contributed by atoms with Gasteiger partial charge in [-0.2, -0.15) is 0 Å². The van der Waals surface area contributed by atoms with Crippen LogP contribution < -0.4 is 0 Å². The van der Waals surface area contributed by atoms with Crippen LogP contribution in [0.15, 0.2) is 30.5 Å². The van der Waals surface area contributed by atoms with Gasteiger partial charge in [-0.1, -0.05) is 12.1 Å². The molecule has 0 spiro atoms. The van der Waals surface area contributed by atoms with Crippen LogP contribution in [-0.2, 0) is 11.2 Å². The quantitative estimate of drug-likeness (QED) is 0.886. The molecule has 3 rings (SSSR count). The van der Waals surface area contributed by atoms with Gasteiger partial charge in [-0.25, -0.2) is 4.39 Å². The number of halogens is 1. The number of pyridine rings is 1. The number of carbonyl (C=O) groups excluding carboxylic acids is 1. The van der Waals surface area contributed by atoms with Gasteiger partial charge in [-0.3, -0.25) is 9.78 Å². The topological polar surface area (TPSA) is 57.1 Å². The zero-order chi connectivity index (χ0) is 15.7. The van der Waals surface area contributed by atoms with Crippen LogP contribution in [0.1, 0.15) is 17.5 Å². The zero-order valence-electron chi connectivity index (χ0n) is 12.4. The second-order valence-electron chi connectivity index (χ2n) is 5.78. The molecule has 2 unspecified atom stereocenters. The molecule has 1 aromatic carbocycles. The molecule has 0 radical (unpaired) electrons. The maximum Gasteiger partial charge on any atom is 0.227 e. The summed E-state index contributed by atoms with van der Waals surface area (Å²) in [4.78, 5) is 18.3. The third-order valence-electron chi connectivity index (χ3n) is 4.14. The van der Waals surface area contributed by atoms with Crippen molar-refractivity contribution in [2.75, 3.05) is 6.54 Å². The van der Waals surface area contributed by atoms with Crippen molar-refractivity contribution in [3.05, 3.63) is 41.6 Å². The number of hydrogen-bond acceptors (Lipinski definition) is 3. The lowest BCUT2D eigenvalue weighted by Crippen LogP contribution is -2.37. The third kappa shape index (κ3) is 2.71. The molecule has 2 aromatic rings. The van der Waals surface area contributed by atoms with Crippen LogP contribution in [-0.4, -0.2) is 40.8 Å². The maximum absolute atomic E-state index is 13.5. The van der Waals surface area contributed by atoms with E-state index in [2.05, 4.69) is 4.98 Å². The van der Waals surface area contributed by atoms with Crippen LogP contribution in [0, 0.1) is 12.3 Å². The highest BCUT2D eigenvalue weighted by Crippen LogP contribution is 2.23. The van der Waals surface area contributed by atoms with Gasteiger partial charge >= 0.3 is 0 Å². The predicted molar refractivity (Wildman–Crippen MR) is 84.0 cm³/mol. The van der Waals surface area contributed by atoms with Crippen LogP contribution in [0.3, 0.4) is 0 Å². The fraction of sp³-hybridized carbons (Fsp3) is 0.353. The number of rotatable bonds is 3. The second-order valence-corrected chi connectivity index (χ2v) is 5.78. The second kappa shape index (κ2) is 5.83. The summed E-state index contributed by atoms with van der Waals surface area (Å²) in [6, 6.07) is 7.36. The molecular formula is C17H18FN3O. The summed E-state index contributed by atoms with van der Waals surface area (Å²) in [6.45, 7) is 2.08. The lowest BCUT2D eigenvalue weighted by molar-refractivity contribution is -0.130. The Labute approximate surface area is 128 Å². The Kier molecular flexibility index (Phi) is 3.88. The highest BCUT2D eigenvalue weighted by atomic mass is 19.1. The Balaban J connectivity index is 1.87. The van der Waals surface area contributed by atoms with Gasteiger partial charge in [-0.05, 0) is 30.2 Å². The maximum atomic E-state index is 13.5. The van der Waals surface area contributed by atoms with Crippen LogP contribution in [0.5, 0.6) is 0 Å². The van der Waals surface area contributed by atoms with Crippen LogP contribution >= 0.6 is 0 Å². The first-order valence-corrected chi connectivity index (χ1v) is 7.37. The van der Waals surface area contributed by atoms with E-state index in [1.807, 2.05) is 31.2 Å². The minimum atomic E-state index is -1.03. The lowest BCUT2D eigenvalue weighted by Gasteiger charge is -2.21. The fourth-order valence-corrected chi connectivity index (χ4v) is 2.99. The van der Waals surface area contributed by atoms with Crippen molar-refractivity contribution in [3.8, 4) is 0 Å². The molecule has 5 heteroatoms. The van der Waals surface area contributed by atoms with Crippen LogP contribution in [0.25, 0.3) is 10.9 Å². The summed E-state index contributed by atoms with van der Waals surface area (Å²) in [5.74, 6) is -0.137. The Morgan fingerprint density at radius 3 is 3.09 bits per heavy atom. The lowest BCUT2D eigenvalue weighted by atomic mass is 10.0. The number of fused-ring (bicyclic) bond motifs is 1. The molecule has 1 N–H and O–H groups in total. The first kappa shape index (κ1) is 14.6. The van der Waals surface area contributed by atoms with Crippen molar-refractivity contribution in [1.82, 2.24) is 9.88 Å². The fourth-order valence-electron chi connectivity index (χ4n) is 2.99. The molecule has 1 fully saturated rings. The first-order valence-electron chi connectivity index (χ1n) is 7.37. The number of carbonyl (C=O) groups is 1. The van der Waals surface area contributed by atoms with Gasteiger partial charge in [0.05, 0.1) is 24.5 Å². The average Bonchev–Trinajstić information content (AvgIpc) is 2.88. The van der Waals surface area contributed by atoms with Gasteiger partial charge < -0.3 is 10.3 Å². The summed E-state index contributed by atoms with van der Waals surface area (Å²) in [7, 11) is 0. The van der Waals surface area contributed by atoms with E-state index >= 15 is 0 Å². The van der Waals surface area contributed by atoms with Crippen molar-refractivity contribution in [2.45, 2.75) is 32.0 Å². The number of aromatic nitrogens is 1. The van der Waals surface area contributed by atoms with Crippen molar-refractivity contribution < 1.29 is 9.18 Å².